The zero-order valence-electron chi connectivity index (χ0n) is 15.7. The van der Waals surface area contributed by atoms with Gasteiger partial charge < -0.3 is 25.4 Å². The number of hydrogen-bond donors (Lipinski definition) is 2. The molecule has 0 heterocycles. The van der Waals surface area contributed by atoms with E-state index in [9.17, 15) is 4.79 Å². The number of carbonyl (C=O) groups is 1. The molecular formula is C19H27Cl2N3O3. The minimum absolute atomic E-state index is 0. The van der Waals surface area contributed by atoms with Gasteiger partial charge in [-0.1, -0.05) is 18.2 Å². The smallest absolute Gasteiger partial charge is 0.253 e. The van der Waals surface area contributed by atoms with Gasteiger partial charge in [-0.15, -0.1) is 24.8 Å². The Bertz CT molecular complexity index is 727. The average Bonchev–Trinajstić information content (AvgIpc) is 2.60. The van der Waals surface area contributed by atoms with E-state index in [0.29, 0.717) is 35.9 Å². The number of halogens is 2. The maximum Gasteiger partial charge on any atom is 0.253 e. The fraction of sp³-hybridized carbons (Fsp3) is 0.316. The fourth-order valence-electron chi connectivity index (χ4n) is 2.26. The van der Waals surface area contributed by atoms with Gasteiger partial charge in [-0.3, -0.25) is 4.79 Å². The molecule has 0 saturated heterocycles. The summed E-state index contributed by atoms with van der Waals surface area (Å²) >= 11 is 0. The number of nitrogen functional groups attached to an aromatic ring is 1. The third-order valence-corrected chi connectivity index (χ3v) is 3.68. The summed E-state index contributed by atoms with van der Waals surface area (Å²) in [6.07, 6.45) is 0. The van der Waals surface area contributed by atoms with E-state index < -0.39 is 0 Å². The Labute approximate surface area is 172 Å². The zero-order valence-corrected chi connectivity index (χ0v) is 17.4. The molecule has 0 saturated carbocycles. The topological polar surface area (TPSA) is 76.8 Å². The lowest BCUT2D eigenvalue weighted by Crippen LogP contribution is -2.23. The first-order valence-electron chi connectivity index (χ1n) is 8.08. The summed E-state index contributed by atoms with van der Waals surface area (Å²) in [6.45, 7) is 1.77. The van der Waals surface area contributed by atoms with E-state index in [1.807, 2.05) is 37.2 Å². The Hall–Kier alpha value is -2.15. The van der Waals surface area contributed by atoms with E-state index in [1.165, 1.54) is 0 Å². The van der Waals surface area contributed by atoms with Crippen LogP contribution in [-0.2, 0) is 6.54 Å². The summed E-state index contributed by atoms with van der Waals surface area (Å²) in [5.74, 6) is 1.12. The molecule has 0 aliphatic carbocycles. The Morgan fingerprint density at radius 1 is 1.11 bits per heavy atom. The van der Waals surface area contributed by atoms with Crippen LogP contribution in [0, 0.1) is 0 Å². The molecule has 2 aromatic rings. The van der Waals surface area contributed by atoms with Crippen LogP contribution in [0.15, 0.2) is 42.5 Å². The SMILES string of the molecule is COc1cc(CNC(=O)c2ccccc2N)ccc1OCCN(C)C.Cl.Cl. The van der Waals surface area contributed by atoms with Crippen molar-refractivity contribution in [3.05, 3.63) is 53.6 Å². The first-order valence-corrected chi connectivity index (χ1v) is 8.08. The van der Waals surface area contributed by atoms with Crippen LogP contribution in [0.1, 0.15) is 15.9 Å². The van der Waals surface area contributed by atoms with Crippen molar-refractivity contribution in [1.29, 1.82) is 0 Å². The lowest BCUT2D eigenvalue weighted by molar-refractivity contribution is 0.0951. The minimum atomic E-state index is -0.205. The van der Waals surface area contributed by atoms with Gasteiger partial charge in [-0.05, 0) is 43.9 Å². The number of nitrogens with zero attached hydrogens (tertiary/aromatic N) is 1. The van der Waals surface area contributed by atoms with Crippen molar-refractivity contribution in [2.75, 3.05) is 40.1 Å². The van der Waals surface area contributed by atoms with Crippen LogP contribution in [-0.4, -0.2) is 45.2 Å². The normalized spacial score (nSPS) is 9.78. The molecule has 0 spiro atoms. The second-order valence-electron chi connectivity index (χ2n) is 5.91. The van der Waals surface area contributed by atoms with Crippen LogP contribution in [0.5, 0.6) is 11.5 Å². The maximum atomic E-state index is 12.2. The summed E-state index contributed by atoms with van der Waals surface area (Å²) in [5, 5.41) is 2.86. The molecule has 0 radical (unpaired) electrons. The van der Waals surface area contributed by atoms with E-state index in [1.54, 1.807) is 31.4 Å². The van der Waals surface area contributed by atoms with Crippen molar-refractivity contribution < 1.29 is 14.3 Å². The van der Waals surface area contributed by atoms with Gasteiger partial charge in [0.2, 0.25) is 0 Å². The monoisotopic (exact) mass is 415 g/mol. The Morgan fingerprint density at radius 3 is 2.44 bits per heavy atom. The van der Waals surface area contributed by atoms with Crippen molar-refractivity contribution in [3.63, 3.8) is 0 Å². The second-order valence-corrected chi connectivity index (χ2v) is 5.91. The highest BCUT2D eigenvalue weighted by Gasteiger charge is 2.10. The van der Waals surface area contributed by atoms with Crippen molar-refractivity contribution in [2.24, 2.45) is 0 Å². The molecule has 0 bridgehead atoms. The van der Waals surface area contributed by atoms with Crippen molar-refractivity contribution >= 4 is 36.4 Å². The quantitative estimate of drug-likeness (QED) is 0.647. The van der Waals surface area contributed by atoms with Crippen molar-refractivity contribution in [1.82, 2.24) is 10.2 Å². The van der Waals surface area contributed by atoms with Gasteiger partial charge >= 0.3 is 0 Å². The summed E-state index contributed by atoms with van der Waals surface area (Å²) in [5.41, 5.74) is 7.67. The molecule has 6 nitrogen and oxygen atoms in total. The molecule has 0 aliphatic rings. The number of hydrogen-bond acceptors (Lipinski definition) is 5. The van der Waals surface area contributed by atoms with E-state index in [0.717, 1.165) is 12.1 Å². The van der Waals surface area contributed by atoms with Gasteiger partial charge in [-0.2, -0.15) is 0 Å². The maximum absolute atomic E-state index is 12.2. The number of para-hydroxylation sites is 1. The number of benzene rings is 2. The van der Waals surface area contributed by atoms with Gasteiger partial charge in [0, 0.05) is 18.8 Å². The van der Waals surface area contributed by atoms with Crippen LogP contribution in [0.3, 0.4) is 0 Å². The number of nitrogens with one attached hydrogen (secondary N) is 1. The van der Waals surface area contributed by atoms with Gasteiger partial charge in [-0.25, -0.2) is 0 Å². The van der Waals surface area contributed by atoms with Gasteiger partial charge in [0.15, 0.2) is 11.5 Å². The molecule has 0 aromatic heterocycles. The molecule has 8 heteroatoms. The second kappa shape index (κ2) is 12.3. The first kappa shape index (κ1) is 24.8. The summed E-state index contributed by atoms with van der Waals surface area (Å²) in [4.78, 5) is 14.3. The molecule has 0 aliphatic heterocycles. The van der Waals surface area contributed by atoms with Crippen LogP contribution >= 0.6 is 24.8 Å². The van der Waals surface area contributed by atoms with Crippen LogP contribution in [0.25, 0.3) is 0 Å². The molecule has 0 atom stereocenters. The summed E-state index contributed by atoms with van der Waals surface area (Å²) < 4.78 is 11.1. The number of carbonyl (C=O) groups excluding carboxylic acids is 1. The molecule has 0 unspecified atom stereocenters. The van der Waals surface area contributed by atoms with E-state index in [4.69, 9.17) is 15.2 Å². The van der Waals surface area contributed by atoms with Gasteiger partial charge in [0.25, 0.3) is 5.91 Å². The highest BCUT2D eigenvalue weighted by Crippen LogP contribution is 2.28. The number of nitrogens with two attached hydrogens (primary N) is 1. The van der Waals surface area contributed by atoms with E-state index >= 15 is 0 Å². The molecule has 2 aromatic carbocycles. The number of likely N-dealkylation sites (N-methyl/N-ethyl adjacent to an activating group) is 1. The molecule has 2 rings (SSSR count). The number of amides is 1. The van der Waals surface area contributed by atoms with Gasteiger partial charge in [0.1, 0.15) is 6.61 Å². The standard InChI is InChI=1S/C19H25N3O3.2ClH/c1-22(2)10-11-25-17-9-8-14(12-18(17)24-3)13-21-19(23)15-6-4-5-7-16(15)20;;/h4-9,12H,10-11,13,20H2,1-3H3,(H,21,23);2*1H. The number of methoxy groups -OCH3 is 1. The summed E-state index contributed by atoms with van der Waals surface area (Å²) in [7, 11) is 5.58. The molecule has 1 amide bonds. The molecule has 0 fully saturated rings. The lowest BCUT2D eigenvalue weighted by atomic mass is 10.1. The van der Waals surface area contributed by atoms with Gasteiger partial charge in [0.05, 0.1) is 12.7 Å². The third-order valence-electron chi connectivity index (χ3n) is 3.68. The highest BCUT2D eigenvalue weighted by atomic mass is 35.5. The molecule has 27 heavy (non-hydrogen) atoms. The fourth-order valence-corrected chi connectivity index (χ4v) is 2.26. The van der Waals surface area contributed by atoms with Crippen LogP contribution < -0.4 is 20.5 Å². The Balaban J connectivity index is 0.00000338. The highest BCUT2D eigenvalue weighted by molar-refractivity contribution is 5.99. The van der Waals surface area contributed by atoms with Crippen molar-refractivity contribution in [2.45, 2.75) is 6.54 Å². The number of anilines is 1. The largest absolute Gasteiger partial charge is 0.493 e. The molecule has 3 N–H and O–H groups in total. The Kier molecular flexibility index (Phi) is 11.3. The number of ether oxygens (including phenoxy) is 2. The molecular weight excluding hydrogens is 389 g/mol. The predicted molar refractivity (Wildman–Crippen MR) is 114 cm³/mol. The first-order chi connectivity index (χ1) is 12.0. The minimum Gasteiger partial charge on any atom is -0.493 e. The van der Waals surface area contributed by atoms with Crippen LogP contribution in [0.2, 0.25) is 0 Å². The zero-order chi connectivity index (χ0) is 18.2. The summed E-state index contributed by atoms with van der Waals surface area (Å²) in [6, 6.07) is 12.6. The lowest BCUT2D eigenvalue weighted by Gasteiger charge is -2.14. The predicted octanol–water partition coefficient (Wildman–Crippen LogP) is 2.99. The van der Waals surface area contributed by atoms with Crippen LogP contribution in [0.4, 0.5) is 5.69 Å². The average molecular weight is 416 g/mol. The van der Waals surface area contributed by atoms with Crippen molar-refractivity contribution in [3.8, 4) is 11.5 Å². The van der Waals surface area contributed by atoms with E-state index in [-0.39, 0.29) is 30.7 Å². The number of rotatable bonds is 8. The molecule has 150 valence electrons. The van der Waals surface area contributed by atoms with E-state index in [2.05, 4.69) is 5.32 Å². The third kappa shape index (κ3) is 7.54. The Morgan fingerprint density at radius 2 is 1.81 bits per heavy atom.